The van der Waals surface area contributed by atoms with Crippen LogP contribution in [0.4, 0.5) is 0 Å². The van der Waals surface area contributed by atoms with Gasteiger partial charge in [-0.05, 0) is 6.42 Å². The molecule has 7 nitrogen and oxygen atoms in total. The predicted octanol–water partition coefficient (Wildman–Crippen LogP) is 0.146. The fourth-order valence-corrected chi connectivity index (χ4v) is 2.45. The number of amides is 5. The number of rotatable bonds is 5. The highest BCUT2D eigenvalue weighted by molar-refractivity contribution is 6.20. The SMILES string of the molecule is CCCCC(C(=O)N1C(=O)CCC1=O)N1C(=O)C=CC1=O. The number of unbranched alkanes of at least 4 members (excludes halogenated alkanes) is 1. The van der Waals surface area contributed by atoms with Gasteiger partial charge in [-0.15, -0.1) is 0 Å². The Morgan fingerprint density at radius 1 is 1.10 bits per heavy atom. The monoisotopic (exact) mass is 292 g/mol. The summed E-state index contributed by atoms with van der Waals surface area (Å²) >= 11 is 0. The van der Waals surface area contributed by atoms with E-state index in [1.54, 1.807) is 0 Å². The molecule has 0 aromatic carbocycles. The van der Waals surface area contributed by atoms with Crippen LogP contribution >= 0.6 is 0 Å². The molecule has 21 heavy (non-hydrogen) atoms. The lowest BCUT2D eigenvalue weighted by atomic mass is 10.1. The Hall–Kier alpha value is -2.31. The van der Waals surface area contributed by atoms with Gasteiger partial charge < -0.3 is 0 Å². The first-order valence-electron chi connectivity index (χ1n) is 6.92. The molecule has 2 rings (SSSR count). The summed E-state index contributed by atoms with van der Waals surface area (Å²) < 4.78 is 0. The van der Waals surface area contributed by atoms with Crippen LogP contribution in [0.25, 0.3) is 0 Å². The molecule has 0 N–H and O–H groups in total. The van der Waals surface area contributed by atoms with Crippen molar-refractivity contribution in [3.05, 3.63) is 12.2 Å². The van der Waals surface area contributed by atoms with Gasteiger partial charge in [0.25, 0.3) is 17.7 Å². The highest BCUT2D eigenvalue weighted by atomic mass is 16.2. The van der Waals surface area contributed by atoms with Gasteiger partial charge in [-0.2, -0.15) is 0 Å². The Morgan fingerprint density at radius 2 is 1.62 bits per heavy atom. The van der Waals surface area contributed by atoms with Crippen molar-refractivity contribution in [2.45, 2.75) is 45.1 Å². The standard InChI is InChI=1S/C14H16N2O5/c1-2-3-4-9(15-10(17)5-6-11(15)18)14(21)16-12(19)7-8-13(16)20/h5-6,9H,2-4,7-8H2,1H3. The maximum Gasteiger partial charge on any atom is 0.259 e. The van der Waals surface area contributed by atoms with Crippen LogP contribution in [0.1, 0.15) is 39.0 Å². The summed E-state index contributed by atoms with van der Waals surface area (Å²) in [5.41, 5.74) is 0. The van der Waals surface area contributed by atoms with E-state index in [4.69, 9.17) is 0 Å². The van der Waals surface area contributed by atoms with Crippen molar-refractivity contribution in [2.75, 3.05) is 0 Å². The third kappa shape index (κ3) is 2.76. The Bertz CT molecular complexity index is 518. The molecule has 1 unspecified atom stereocenters. The Labute approximate surface area is 121 Å². The van der Waals surface area contributed by atoms with Gasteiger partial charge in [0.2, 0.25) is 11.8 Å². The van der Waals surface area contributed by atoms with E-state index >= 15 is 0 Å². The topological polar surface area (TPSA) is 91.8 Å². The highest BCUT2D eigenvalue weighted by Gasteiger charge is 2.43. The summed E-state index contributed by atoms with van der Waals surface area (Å²) in [4.78, 5) is 60.7. The van der Waals surface area contributed by atoms with Crippen LogP contribution < -0.4 is 0 Å². The smallest absolute Gasteiger partial charge is 0.259 e. The summed E-state index contributed by atoms with van der Waals surface area (Å²) in [6.45, 7) is 1.90. The molecule has 7 heteroatoms. The lowest BCUT2D eigenvalue weighted by Crippen LogP contribution is -2.52. The number of carbonyl (C=O) groups is 5. The van der Waals surface area contributed by atoms with Gasteiger partial charge in [0.05, 0.1) is 0 Å². The summed E-state index contributed by atoms with van der Waals surface area (Å²) in [6, 6.07) is -1.09. The summed E-state index contributed by atoms with van der Waals surface area (Å²) in [5.74, 6) is -3.10. The van der Waals surface area contributed by atoms with E-state index in [-0.39, 0.29) is 19.3 Å². The number of hydrogen-bond donors (Lipinski definition) is 0. The third-order valence-electron chi connectivity index (χ3n) is 3.54. The van der Waals surface area contributed by atoms with Gasteiger partial charge in [0, 0.05) is 25.0 Å². The van der Waals surface area contributed by atoms with Gasteiger partial charge in [0.15, 0.2) is 0 Å². The molecular formula is C14H16N2O5. The third-order valence-corrected chi connectivity index (χ3v) is 3.54. The van der Waals surface area contributed by atoms with Crippen molar-refractivity contribution >= 4 is 29.5 Å². The van der Waals surface area contributed by atoms with Crippen molar-refractivity contribution in [3.8, 4) is 0 Å². The predicted molar refractivity (Wildman–Crippen MR) is 70.4 cm³/mol. The molecule has 5 amide bonds. The van der Waals surface area contributed by atoms with Gasteiger partial charge in [0.1, 0.15) is 6.04 Å². The Balaban J connectivity index is 2.25. The minimum atomic E-state index is -1.09. The van der Waals surface area contributed by atoms with Crippen molar-refractivity contribution in [1.29, 1.82) is 0 Å². The molecule has 0 radical (unpaired) electrons. The largest absolute Gasteiger partial charge is 0.274 e. The van der Waals surface area contributed by atoms with E-state index in [2.05, 4.69) is 0 Å². The molecule has 2 aliphatic heterocycles. The summed E-state index contributed by atoms with van der Waals surface area (Å²) in [7, 11) is 0. The van der Waals surface area contributed by atoms with Crippen molar-refractivity contribution in [3.63, 3.8) is 0 Å². The quantitative estimate of drug-likeness (QED) is 0.672. The Morgan fingerprint density at radius 3 is 2.10 bits per heavy atom. The molecule has 0 spiro atoms. The molecular weight excluding hydrogens is 276 g/mol. The molecule has 0 aromatic rings. The molecule has 2 heterocycles. The first-order chi connectivity index (χ1) is 9.97. The number of likely N-dealkylation sites (tertiary alicyclic amines) is 1. The second-order valence-electron chi connectivity index (χ2n) is 5.00. The molecule has 1 atom stereocenters. The molecule has 112 valence electrons. The first kappa shape index (κ1) is 15.1. The minimum absolute atomic E-state index is 0.00872. The number of carbonyl (C=O) groups excluding carboxylic acids is 5. The molecule has 1 saturated heterocycles. The van der Waals surface area contributed by atoms with Crippen LogP contribution in [0.5, 0.6) is 0 Å². The normalized spacial score (nSPS) is 19.9. The maximum atomic E-state index is 12.5. The van der Waals surface area contributed by atoms with Gasteiger partial charge in [-0.25, -0.2) is 4.90 Å². The van der Waals surface area contributed by atoms with E-state index in [0.29, 0.717) is 11.3 Å². The van der Waals surface area contributed by atoms with E-state index in [1.165, 1.54) is 0 Å². The Kier molecular flexibility index (Phi) is 4.30. The van der Waals surface area contributed by atoms with Crippen LogP contribution in [-0.2, 0) is 24.0 Å². The molecule has 0 saturated carbocycles. The number of nitrogens with zero attached hydrogens (tertiary/aromatic N) is 2. The molecule has 0 aliphatic carbocycles. The van der Waals surface area contributed by atoms with E-state index in [9.17, 15) is 24.0 Å². The van der Waals surface area contributed by atoms with Crippen molar-refractivity contribution in [1.82, 2.24) is 9.80 Å². The van der Waals surface area contributed by atoms with E-state index in [1.807, 2.05) is 6.92 Å². The van der Waals surface area contributed by atoms with Gasteiger partial charge in [-0.1, -0.05) is 19.8 Å². The number of imide groups is 4. The van der Waals surface area contributed by atoms with Crippen molar-refractivity contribution < 1.29 is 24.0 Å². The second kappa shape index (κ2) is 5.99. The fraction of sp³-hybridized carbons (Fsp3) is 0.500. The molecule has 0 bridgehead atoms. The zero-order valence-electron chi connectivity index (χ0n) is 11.7. The zero-order chi connectivity index (χ0) is 15.6. The fourth-order valence-electron chi connectivity index (χ4n) is 2.45. The van der Waals surface area contributed by atoms with Crippen LogP contribution in [0, 0.1) is 0 Å². The van der Waals surface area contributed by atoms with E-state index < -0.39 is 35.6 Å². The minimum Gasteiger partial charge on any atom is -0.274 e. The average molecular weight is 292 g/mol. The summed E-state index contributed by atoms with van der Waals surface area (Å²) in [5, 5.41) is 0. The second-order valence-corrected chi connectivity index (χ2v) is 5.00. The average Bonchev–Trinajstić information content (AvgIpc) is 2.94. The lowest BCUT2D eigenvalue weighted by molar-refractivity contribution is -0.157. The van der Waals surface area contributed by atoms with Crippen LogP contribution in [0.3, 0.4) is 0 Å². The van der Waals surface area contributed by atoms with Crippen LogP contribution in [0.2, 0.25) is 0 Å². The molecule has 1 fully saturated rings. The number of hydrogen-bond acceptors (Lipinski definition) is 5. The van der Waals surface area contributed by atoms with Crippen molar-refractivity contribution in [2.24, 2.45) is 0 Å². The van der Waals surface area contributed by atoms with Gasteiger partial charge in [-0.3, -0.25) is 28.9 Å². The van der Waals surface area contributed by atoms with Gasteiger partial charge >= 0.3 is 0 Å². The lowest BCUT2D eigenvalue weighted by Gasteiger charge is -2.27. The zero-order valence-corrected chi connectivity index (χ0v) is 11.7. The first-order valence-corrected chi connectivity index (χ1v) is 6.92. The van der Waals surface area contributed by atoms with E-state index in [0.717, 1.165) is 23.5 Å². The maximum absolute atomic E-state index is 12.5. The highest BCUT2D eigenvalue weighted by Crippen LogP contribution is 2.21. The van der Waals surface area contributed by atoms with Crippen LogP contribution in [-0.4, -0.2) is 45.4 Å². The molecule has 0 aromatic heterocycles. The molecule has 2 aliphatic rings. The van der Waals surface area contributed by atoms with Crippen LogP contribution in [0.15, 0.2) is 12.2 Å². The summed E-state index contributed by atoms with van der Waals surface area (Å²) in [6.07, 6.45) is 3.76.